The highest BCUT2D eigenvalue weighted by atomic mass is 16.7. The van der Waals surface area contributed by atoms with Crippen molar-refractivity contribution in [1.29, 1.82) is 0 Å². The van der Waals surface area contributed by atoms with Gasteiger partial charge in [-0.15, -0.1) is 5.10 Å². The van der Waals surface area contributed by atoms with Crippen molar-refractivity contribution in [1.82, 2.24) is 24.7 Å². The molecule has 0 bridgehead atoms. The highest BCUT2D eigenvalue weighted by Gasteiger charge is 2.17. The van der Waals surface area contributed by atoms with Gasteiger partial charge >= 0.3 is 0 Å². The number of nitrogens with two attached hydrogens (primary N) is 1. The van der Waals surface area contributed by atoms with Gasteiger partial charge in [0.05, 0.1) is 13.2 Å². The van der Waals surface area contributed by atoms with Crippen LogP contribution in [0.1, 0.15) is 0 Å². The first-order valence-corrected chi connectivity index (χ1v) is 8.80. The van der Waals surface area contributed by atoms with E-state index in [1.807, 2.05) is 24.3 Å². The number of hydrogen-bond acceptors (Lipinski definition) is 10. The second-order valence-corrected chi connectivity index (χ2v) is 6.23. The van der Waals surface area contributed by atoms with E-state index in [2.05, 4.69) is 30.3 Å². The number of ether oxygens (including phenoxy) is 3. The number of rotatable bonds is 4. The highest BCUT2D eigenvalue weighted by molar-refractivity contribution is 5.61. The second-order valence-electron chi connectivity index (χ2n) is 6.23. The van der Waals surface area contributed by atoms with Crippen molar-refractivity contribution in [2.24, 2.45) is 0 Å². The number of benzene rings is 1. The van der Waals surface area contributed by atoms with Gasteiger partial charge in [-0.25, -0.2) is 9.97 Å². The van der Waals surface area contributed by atoms with Crippen molar-refractivity contribution in [3.63, 3.8) is 0 Å². The zero-order chi connectivity index (χ0) is 18.9. The molecule has 3 aromatic rings. The Kier molecular flexibility index (Phi) is 4.05. The maximum atomic E-state index is 6.06. The van der Waals surface area contributed by atoms with Crippen LogP contribution >= 0.6 is 0 Å². The molecule has 0 radical (unpaired) electrons. The summed E-state index contributed by atoms with van der Waals surface area (Å²) in [6.45, 7) is 3.13. The van der Waals surface area contributed by atoms with E-state index in [1.54, 1.807) is 0 Å². The van der Waals surface area contributed by atoms with Gasteiger partial charge in [0.15, 0.2) is 17.3 Å². The lowest BCUT2D eigenvalue weighted by atomic mass is 10.3. The van der Waals surface area contributed by atoms with Crippen LogP contribution in [-0.2, 0) is 4.74 Å². The van der Waals surface area contributed by atoms with Crippen LogP contribution in [0.3, 0.4) is 0 Å². The van der Waals surface area contributed by atoms with Crippen molar-refractivity contribution < 1.29 is 14.2 Å². The molecule has 2 aromatic heterocycles. The Morgan fingerprint density at radius 1 is 1.00 bits per heavy atom. The number of aromatic nitrogens is 5. The molecule has 0 saturated carbocycles. The monoisotopic (exact) mass is 382 g/mol. The summed E-state index contributed by atoms with van der Waals surface area (Å²) in [5.41, 5.74) is 6.82. The summed E-state index contributed by atoms with van der Waals surface area (Å²) in [6, 6.07) is 7.33. The zero-order valence-electron chi connectivity index (χ0n) is 14.9. The Labute approximate surface area is 160 Å². The number of fused-ring (bicyclic) bond motifs is 1. The van der Waals surface area contributed by atoms with E-state index in [9.17, 15) is 0 Å². The molecule has 2 aliphatic rings. The van der Waals surface area contributed by atoms with Gasteiger partial charge in [-0.3, -0.25) is 0 Å². The van der Waals surface area contributed by atoms with Gasteiger partial charge in [-0.05, 0) is 12.1 Å². The number of hydrogen-bond donors (Lipinski definition) is 2. The van der Waals surface area contributed by atoms with Crippen LogP contribution in [0.2, 0.25) is 0 Å². The van der Waals surface area contributed by atoms with Crippen molar-refractivity contribution in [3.8, 4) is 17.3 Å². The average Bonchev–Trinajstić information content (AvgIpc) is 3.34. The normalized spacial score (nSPS) is 15.6. The van der Waals surface area contributed by atoms with Gasteiger partial charge in [-0.1, -0.05) is 0 Å². The molecule has 1 fully saturated rings. The Bertz CT molecular complexity index is 1000. The predicted molar refractivity (Wildman–Crippen MR) is 100 cm³/mol. The van der Waals surface area contributed by atoms with Crippen LogP contribution in [0.15, 0.2) is 30.6 Å². The van der Waals surface area contributed by atoms with Gasteiger partial charge in [0.2, 0.25) is 18.7 Å². The predicted octanol–water partition coefficient (Wildman–Crippen LogP) is 0.948. The van der Waals surface area contributed by atoms with Crippen LogP contribution in [0.5, 0.6) is 11.5 Å². The van der Waals surface area contributed by atoms with Crippen LogP contribution in [0.25, 0.3) is 5.82 Å². The number of nitrogens with zero attached hydrogens (tertiary/aromatic N) is 6. The van der Waals surface area contributed by atoms with Crippen LogP contribution < -0.4 is 25.4 Å². The van der Waals surface area contributed by atoms with Crippen LogP contribution in [0.4, 0.5) is 23.4 Å². The Balaban J connectivity index is 1.39. The first-order chi connectivity index (χ1) is 13.8. The number of morpholine rings is 1. The van der Waals surface area contributed by atoms with E-state index in [1.165, 1.54) is 11.0 Å². The molecule has 28 heavy (non-hydrogen) atoms. The molecule has 11 nitrogen and oxygen atoms in total. The average molecular weight is 382 g/mol. The summed E-state index contributed by atoms with van der Waals surface area (Å²) in [7, 11) is 0. The van der Waals surface area contributed by atoms with E-state index in [0.717, 1.165) is 24.6 Å². The van der Waals surface area contributed by atoms with Crippen LogP contribution in [-0.4, -0.2) is 57.8 Å². The summed E-state index contributed by atoms with van der Waals surface area (Å²) in [6.07, 6.45) is 1.49. The largest absolute Gasteiger partial charge is 0.454 e. The van der Waals surface area contributed by atoms with Gasteiger partial charge in [0.1, 0.15) is 12.1 Å². The molecule has 3 N–H and O–H groups in total. The molecule has 1 saturated heterocycles. The summed E-state index contributed by atoms with van der Waals surface area (Å²) in [5, 5.41) is 7.53. The lowest BCUT2D eigenvalue weighted by molar-refractivity contribution is 0.122. The van der Waals surface area contributed by atoms with Gasteiger partial charge in [0, 0.05) is 30.9 Å². The van der Waals surface area contributed by atoms with Crippen molar-refractivity contribution in [2.75, 3.05) is 49.0 Å². The van der Waals surface area contributed by atoms with Gasteiger partial charge in [-0.2, -0.15) is 9.67 Å². The third kappa shape index (κ3) is 3.11. The molecule has 0 aliphatic carbocycles. The van der Waals surface area contributed by atoms with E-state index >= 15 is 0 Å². The van der Waals surface area contributed by atoms with E-state index in [0.29, 0.717) is 36.5 Å². The van der Waals surface area contributed by atoms with Gasteiger partial charge < -0.3 is 30.2 Å². The summed E-state index contributed by atoms with van der Waals surface area (Å²) < 4.78 is 17.6. The molecule has 144 valence electrons. The molecule has 2 aliphatic heterocycles. The third-order valence-corrected chi connectivity index (χ3v) is 4.45. The van der Waals surface area contributed by atoms with E-state index in [4.69, 9.17) is 19.9 Å². The smallest absolute Gasteiger partial charge is 0.248 e. The topological polar surface area (TPSA) is 125 Å². The van der Waals surface area contributed by atoms with Crippen molar-refractivity contribution in [3.05, 3.63) is 30.6 Å². The summed E-state index contributed by atoms with van der Waals surface area (Å²) in [5.74, 6) is 3.29. The van der Waals surface area contributed by atoms with Crippen LogP contribution in [0, 0.1) is 0 Å². The highest BCUT2D eigenvalue weighted by Crippen LogP contribution is 2.34. The molecule has 0 amide bonds. The first kappa shape index (κ1) is 16.6. The molecular weight excluding hydrogens is 364 g/mol. The van der Waals surface area contributed by atoms with E-state index < -0.39 is 0 Å². The molecule has 0 atom stereocenters. The Hall–Kier alpha value is -3.60. The quantitative estimate of drug-likeness (QED) is 0.673. The maximum Gasteiger partial charge on any atom is 0.248 e. The molecule has 0 spiro atoms. The minimum absolute atomic E-state index is 0.217. The number of anilines is 4. The van der Waals surface area contributed by atoms with Crippen molar-refractivity contribution in [2.45, 2.75) is 0 Å². The molecule has 11 heteroatoms. The number of nitrogen functional groups attached to an aromatic ring is 1. The SMILES string of the molecule is Nc1nc(Nc2ccc3c(c2)OCO3)nn1-c1cc(N2CCOCC2)ncn1. The Morgan fingerprint density at radius 2 is 1.82 bits per heavy atom. The number of nitrogens with one attached hydrogen (secondary N) is 1. The van der Waals surface area contributed by atoms with Gasteiger partial charge in [0.25, 0.3) is 0 Å². The van der Waals surface area contributed by atoms with E-state index in [-0.39, 0.29) is 12.7 Å². The molecule has 0 unspecified atom stereocenters. The fourth-order valence-electron chi connectivity index (χ4n) is 3.07. The molecule has 5 rings (SSSR count). The molecular formula is C17H18N8O3. The lowest BCUT2D eigenvalue weighted by Gasteiger charge is -2.27. The minimum Gasteiger partial charge on any atom is -0.454 e. The standard InChI is InChI=1S/C17H18N8O3/c18-16-22-17(21-11-1-2-12-13(7-11)28-10-27-12)23-25(16)15-8-14(19-9-20-15)24-3-5-26-6-4-24/h1-2,7-9H,3-6,10H2,(H3,18,21,22,23). The molecule has 4 heterocycles. The summed E-state index contributed by atoms with van der Waals surface area (Å²) >= 11 is 0. The zero-order valence-corrected chi connectivity index (χ0v) is 14.9. The first-order valence-electron chi connectivity index (χ1n) is 8.80. The fraction of sp³-hybridized carbons (Fsp3) is 0.294. The third-order valence-electron chi connectivity index (χ3n) is 4.45. The van der Waals surface area contributed by atoms with Crippen molar-refractivity contribution >= 4 is 23.4 Å². The molecule has 1 aromatic carbocycles. The summed E-state index contributed by atoms with van der Waals surface area (Å²) in [4.78, 5) is 15.0. The fourth-order valence-corrected chi connectivity index (χ4v) is 3.07. The lowest BCUT2D eigenvalue weighted by Crippen LogP contribution is -2.36. The minimum atomic E-state index is 0.217. The Morgan fingerprint density at radius 3 is 2.71 bits per heavy atom. The maximum absolute atomic E-state index is 6.06. The second kappa shape index (κ2) is 6.85.